The summed E-state index contributed by atoms with van der Waals surface area (Å²) in [4.78, 5) is 4.02. The fraction of sp³-hybridized carbons (Fsp3) is 0.727. The Hall–Kier alpha value is -0.830. The van der Waals surface area contributed by atoms with Gasteiger partial charge in [0.25, 0.3) is 0 Å². The third-order valence-corrected chi connectivity index (χ3v) is 2.36. The predicted molar refractivity (Wildman–Crippen MR) is 59.2 cm³/mol. The standard InChI is InChI=1S/C11H21N3/c1-3-6-13-11(2)5-4-8-14-9-7-12-10-14/h7,9-11,13H,3-6,8H2,1-2H3. The number of hydrogen-bond donors (Lipinski definition) is 1. The van der Waals surface area contributed by atoms with E-state index >= 15 is 0 Å². The number of nitrogens with one attached hydrogen (secondary N) is 1. The van der Waals surface area contributed by atoms with Crippen molar-refractivity contribution in [3.63, 3.8) is 0 Å². The zero-order valence-corrected chi connectivity index (χ0v) is 9.24. The van der Waals surface area contributed by atoms with Crippen molar-refractivity contribution in [3.05, 3.63) is 18.7 Å². The minimum absolute atomic E-state index is 0.637. The van der Waals surface area contributed by atoms with Gasteiger partial charge >= 0.3 is 0 Å². The predicted octanol–water partition coefficient (Wildman–Crippen LogP) is 2.05. The van der Waals surface area contributed by atoms with Crippen LogP contribution in [0.4, 0.5) is 0 Å². The van der Waals surface area contributed by atoms with E-state index in [1.807, 2.05) is 18.7 Å². The molecule has 3 nitrogen and oxygen atoms in total. The molecule has 0 aliphatic heterocycles. The van der Waals surface area contributed by atoms with Gasteiger partial charge in [-0.1, -0.05) is 6.92 Å². The van der Waals surface area contributed by atoms with Crippen molar-refractivity contribution in [2.24, 2.45) is 0 Å². The number of rotatable bonds is 7. The Labute approximate surface area is 86.5 Å². The maximum atomic E-state index is 4.02. The molecule has 0 aliphatic carbocycles. The highest BCUT2D eigenvalue weighted by molar-refractivity contribution is 4.74. The molecule has 1 unspecified atom stereocenters. The molecule has 1 rings (SSSR count). The van der Waals surface area contributed by atoms with Crippen LogP contribution >= 0.6 is 0 Å². The molecule has 0 bridgehead atoms. The summed E-state index contributed by atoms with van der Waals surface area (Å²) in [5.74, 6) is 0. The Morgan fingerprint density at radius 2 is 2.36 bits per heavy atom. The highest BCUT2D eigenvalue weighted by atomic mass is 15.0. The van der Waals surface area contributed by atoms with Gasteiger partial charge in [0, 0.05) is 25.0 Å². The minimum Gasteiger partial charge on any atom is -0.337 e. The first-order chi connectivity index (χ1) is 6.83. The Bertz CT molecular complexity index is 218. The van der Waals surface area contributed by atoms with Crippen molar-refractivity contribution in [1.29, 1.82) is 0 Å². The van der Waals surface area contributed by atoms with Crippen LogP contribution in [0.1, 0.15) is 33.1 Å². The van der Waals surface area contributed by atoms with Gasteiger partial charge in [-0.05, 0) is 32.7 Å². The van der Waals surface area contributed by atoms with E-state index in [-0.39, 0.29) is 0 Å². The Balaban J connectivity index is 2.03. The average Bonchev–Trinajstić information content (AvgIpc) is 2.67. The quantitative estimate of drug-likeness (QED) is 0.721. The lowest BCUT2D eigenvalue weighted by atomic mass is 10.2. The van der Waals surface area contributed by atoms with E-state index in [1.165, 1.54) is 19.3 Å². The van der Waals surface area contributed by atoms with E-state index in [2.05, 4.69) is 28.7 Å². The highest BCUT2D eigenvalue weighted by Crippen LogP contribution is 1.99. The Morgan fingerprint density at radius 3 is 3.00 bits per heavy atom. The molecule has 0 saturated carbocycles. The molecule has 0 amide bonds. The van der Waals surface area contributed by atoms with Crippen LogP contribution in [-0.4, -0.2) is 22.1 Å². The van der Waals surface area contributed by atoms with Crippen LogP contribution in [0, 0.1) is 0 Å². The molecule has 80 valence electrons. The summed E-state index contributed by atoms with van der Waals surface area (Å²) in [6.07, 6.45) is 9.39. The first-order valence-corrected chi connectivity index (χ1v) is 5.52. The van der Waals surface area contributed by atoms with Gasteiger partial charge in [-0.2, -0.15) is 0 Å². The zero-order chi connectivity index (χ0) is 10.2. The molecule has 0 fully saturated rings. The third kappa shape index (κ3) is 4.42. The van der Waals surface area contributed by atoms with Gasteiger partial charge in [-0.25, -0.2) is 4.98 Å². The first-order valence-electron chi connectivity index (χ1n) is 5.52. The van der Waals surface area contributed by atoms with E-state index in [9.17, 15) is 0 Å². The number of aryl methyl sites for hydroxylation is 1. The summed E-state index contributed by atoms with van der Waals surface area (Å²) in [6.45, 7) is 6.67. The topological polar surface area (TPSA) is 29.9 Å². The van der Waals surface area contributed by atoms with E-state index < -0.39 is 0 Å². The van der Waals surface area contributed by atoms with E-state index in [4.69, 9.17) is 0 Å². The van der Waals surface area contributed by atoms with E-state index in [1.54, 1.807) is 0 Å². The minimum atomic E-state index is 0.637. The number of hydrogen-bond acceptors (Lipinski definition) is 2. The van der Waals surface area contributed by atoms with E-state index in [0.717, 1.165) is 13.1 Å². The van der Waals surface area contributed by atoms with Crippen LogP contribution in [0.2, 0.25) is 0 Å². The molecule has 3 heteroatoms. The van der Waals surface area contributed by atoms with Crippen molar-refractivity contribution >= 4 is 0 Å². The molecule has 0 aromatic carbocycles. The van der Waals surface area contributed by atoms with Crippen LogP contribution in [0.15, 0.2) is 18.7 Å². The summed E-state index contributed by atoms with van der Waals surface area (Å²) in [7, 11) is 0. The molecule has 0 radical (unpaired) electrons. The second-order valence-corrected chi connectivity index (χ2v) is 3.80. The smallest absolute Gasteiger partial charge is 0.0945 e. The number of imidazole rings is 1. The third-order valence-electron chi connectivity index (χ3n) is 2.36. The van der Waals surface area contributed by atoms with Crippen molar-refractivity contribution in [3.8, 4) is 0 Å². The normalized spacial score (nSPS) is 13.0. The molecule has 0 aliphatic rings. The summed E-state index contributed by atoms with van der Waals surface area (Å²) in [5, 5.41) is 3.49. The van der Waals surface area contributed by atoms with Crippen LogP contribution in [0.3, 0.4) is 0 Å². The summed E-state index contributed by atoms with van der Waals surface area (Å²) >= 11 is 0. The Kier molecular flexibility index (Phi) is 5.30. The number of nitrogens with zero attached hydrogens (tertiary/aromatic N) is 2. The maximum Gasteiger partial charge on any atom is 0.0945 e. The van der Waals surface area contributed by atoms with Gasteiger partial charge < -0.3 is 9.88 Å². The molecule has 1 aromatic rings. The molecule has 0 spiro atoms. The monoisotopic (exact) mass is 195 g/mol. The largest absolute Gasteiger partial charge is 0.337 e. The molecule has 1 aromatic heterocycles. The summed E-state index contributed by atoms with van der Waals surface area (Å²) < 4.78 is 2.13. The maximum absolute atomic E-state index is 4.02. The lowest BCUT2D eigenvalue weighted by Crippen LogP contribution is -2.26. The van der Waals surface area contributed by atoms with Gasteiger partial charge in [-0.3, -0.25) is 0 Å². The van der Waals surface area contributed by atoms with Crippen molar-refractivity contribution in [2.75, 3.05) is 6.54 Å². The fourth-order valence-corrected chi connectivity index (χ4v) is 1.49. The SMILES string of the molecule is CCCNC(C)CCCn1ccnc1. The molecule has 0 saturated heterocycles. The molecule has 1 N–H and O–H groups in total. The fourth-order valence-electron chi connectivity index (χ4n) is 1.49. The summed E-state index contributed by atoms with van der Waals surface area (Å²) in [5.41, 5.74) is 0. The highest BCUT2D eigenvalue weighted by Gasteiger charge is 1.99. The molecule has 1 heterocycles. The average molecular weight is 195 g/mol. The second kappa shape index (κ2) is 6.60. The molecule has 14 heavy (non-hydrogen) atoms. The van der Waals surface area contributed by atoms with Gasteiger partial charge in [0.05, 0.1) is 6.33 Å². The van der Waals surface area contributed by atoms with Crippen molar-refractivity contribution in [2.45, 2.75) is 45.7 Å². The first kappa shape index (κ1) is 11.2. The van der Waals surface area contributed by atoms with Crippen LogP contribution in [-0.2, 0) is 6.54 Å². The lowest BCUT2D eigenvalue weighted by Gasteiger charge is -2.12. The van der Waals surface area contributed by atoms with Crippen LogP contribution < -0.4 is 5.32 Å². The van der Waals surface area contributed by atoms with Crippen molar-refractivity contribution in [1.82, 2.24) is 14.9 Å². The van der Waals surface area contributed by atoms with Crippen molar-refractivity contribution < 1.29 is 0 Å². The zero-order valence-electron chi connectivity index (χ0n) is 9.24. The summed E-state index contributed by atoms with van der Waals surface area (Å²) in [6, 6.07) is 0.637. The lowest BCUT2D eigenvalue weighted by molar-refractivity contribution is 0.476. The van der Waals surface area contributed by atoms with Gasteiger partial charge in [0.1, 0.15) is 0 Å². The number of aromatic nitrogens is 2. The van der Waals surface area contributed by atoms with Crippen LogP contribution in [0.25, 0.3) is 0 Å². The second-order valence-electron chi connectivity index (χ2n) is 3.80. The van der Waals surface area contributed by atoms with Crippen LogP contribution in [0.5, 0.6) is 0 Å². The Morgan fingerprint density at radius 1 is 1.50 bits per heavy atom. The molecular weight excluding hydrogens is 174 g/mol. The van der Waals surface area contributed by atoms with Gasteiger partial charge in [0.2, 0.25) is 0 Å². The molecular formula is C11H21N3. The van der Waals surface area contributed by atoms with E-state index in [0.29, 0.717) is 6.04 Å². The molecule has 1 atom stereocenters. The van der Waals surface area contributed by atoms with Gasteiger partial charge in [-0.15, -0.1) is 0 Å². The van der Waals surface area contributed by atoms with Gasteiger partial charge in [0.15, 0.2) is 0 Å².